The maximum absolute atomic E-state index is 13.2. The maximum Gasteiger partial charge on any atom is 0.251 e. The van der Waals surface area contributed by atoms with Gasteiger partial charge in [-0.05, 0) is 37.6 Å². The molecule has 1 atom stereocenters. The molecule has 4 nitrogen and oxygen atoms in total. The molecule has 0 spiro atoms. The highest BCUT2D eigenvalue weighted by molar-refractivity contribution is 5.17. The average molecular weight is 287 g/mol. The van der Waals surface area contributed by atoms with Gasteiger partial charge in [0.1, 0.15) is 11.6 Å². The Hall–Kier alpha value is -2.01. The fourth-order valence-electron chi connectivity index (χ4n) is 2.92. The molecule has 2 heterocycles. The van der Waals surface area contributed by atoms with Gasteiger partial charge in [-0.2, -0.15) is 0 Å². The predicted octanol–water partition coefficient (Wildman–Crippen LogP) is 2.21. The number of nitrogens with one attached hydrogen (secondary N) is 1. The van der Waals surface area contributed by atoms with Crippen LogP contribution in [-0.4, -0.2) is 28.0 Å². The van der Waals surface area contributed by atoms with Crippen molar-refractivity contribution < 1.29 is 4.39 Å². The number of hydrogen-bond acceptors (Lipinski definition) is 3. The van der Waals surface area contributed by atoms with Crippen molar-refractivity contribution in [2.75, 3.05) is 13.1 Å². The topological polar surface area (TPSA) is 49.0 Å². The third-order valence-electron chi connectivity index (χ3n) is 3.87. The van der Waals surface area contributed by atoms with Gasteiger partial charge in [0.25, 0.3) is 5.56 Å². The fraction of sp³-hybridized carbons (Fsp3) is 0.375. The van der Waals surface area contributed by atoms with Crippen LogP contribution in [0.3, 0.4) is 0 Å². The zero-order valence-electron chi connectivity index (χ0n) is 12.0. The van der Waals surface area contributed by atoms with Crippen molar-refractivity contribution in [1.29, 1.82) is 0 Å². The molecule has 0 aliphatic carbocycles. The van der Waals surface area contributed by atoms with Crippen LogP contribution in [0.25, 0.3) is 0 Å². The minimum atomic E-state index is -0.199. The van der Waals surface area contributed by atoms with Crippen molar-refractivity contribution in [3.8, 4) is 0 Å². The highest BCUT2D eigenvalue weighted by Crippen LogP contribution is 2.26. The van der Waals surface area contributed by atoms with Crippen LogP contribution in [0, 0.1) is 12.7 Å². The van der Waals surface area contributed by atoms with Crippen LogP contribution in [-0.2, 0) is 6.54 Å². The molecule has 1 aliphatic rings. The largest absolute Gasteiger partial charge is 0.311 e. The lowest BCUT2D eigenvalue weighted by Crippen LogP contribution is -2.20. The number of aromatic nitrogens is 2. The average Bonchev–Trinajstić information content (AvgIpc) is 2.86. The van der Waals surface area contributed by atoms with E-state index in [9.17, 15) is 9.18 Å². The summed E-state index contributed by atoms with van der Waals surface area (Å²) in [6.07, 6.45) is 0.977. The van der Waals surface area contributed by atoms with Gasteiger partial charge in [0.15, 0.2) is 0 Å². The zero-order chi connectivity index (χ0) is 14.8. The van der Waals surface area contributed by atoms with Gasteiger partial charge in [0.2, 0.25) is 0 Å². The molecule has 0 unspecified atom stereocenters. The number of aryl methyl sites for hydroxylation is 1. The molecule has 110 valence electrons. The normalized spacial score (nSPS) is 19.0. The van der Waals surface area contributed by atoms with E-state index >= 15 is 0 Å². The predicted molar refractivity (Wildman–Crippen MR) is 78.6 cm³/mol. The van der Waals surface area contributed by atoms with Gasteiger partial charge in [-0.3, -0.25) is 9.69 Å². The molecular formula is C16H18FN3O. The first kappa shape index (κ1) is 13.9. The smallest absolute Gasteiger partial charge is 0.251 e. The Morgan fingerprint density at radius 1 is 1.43 bits per heavy atom. The lowest BCUT2D eigenvalue weighted by atomic mass is 10.0. The third-order valence-corrected chi connectivity index (χ3v) is 3.87. The summed E-state index contributed by atoms with van der Waals surface area (Å²) in [5.74, 6) is 0.732. The first-order chi connectivity index (χ1) is 10.1. The van der Waals surface area contributed by atoms with E-state index in [-0.39, 0.29) is 17.3 Å². The summed E-state index contributed by atoms with van der Waals surface area (Å²) in [6.45, 7) is 4.32. The molecule has 0 amide bonds. The number of hydrogen-bond donors (Lipinski definition) is 1. The Labute approximate surface area is 122 Å². The number of rotatable bonds is 3. The first-order valence-electron chi connectivity index (χ1n) is 7.15. The van der Waals surface area contributed by atoms with Crippen molar-refractivity contribution in [3.05, 3.63) is 63.6 Å². The summed E-state index contributed by atoms with van der Waals surface area (Å²) in [5.41, 5.74) is 1.74. The third kappa shape index (κ3) is 3.36. The molecule has 3 rings (SSSR count). The van der Waals surface area contributed by atoms with Crippen molar-refractivity contribution in [2.45, 2.75) is 25.8 Å². The Morgan fingerprint density at radius 2 is 2.29 bits per heavy atom. The number of H-pyrrole nitrogens is 1. The SMILES string of the molecule is Cc1nc([C@H]2CCN(Cc3cccc(F)c3)C2)cc(=O)[nH]1. The van der Waals surface area contributed by atoms with Gasteiger partial charge in [-0.1, -0.05) is 12.1 Å². The monoisotopic (exact) mass is 287 g/mol. The molecule has 1 aromatic heterocycles. The molecule has 1 aromatic carbocycles. The van der Waals surface area contributed by atoms with Gasteiger partial charge in [-0.25, -0.2) is 9.37 Å². The minimum absolute atomic E-state index is 0.0962. The number of halogens is 1. The second kappa shape index (κ2) is 5.77. The summed E-state index contributed by atoms with van der Waals surface area (Å²) in [7, 11) is 0. The van der Waals surface area contributed by atoms with Crippen molar-refractivity contribution >= 4 is 0 Å². The molecule has 21 heavy (non-hydrogen) atoms. The van der Waals surface area contributed by atoms with Gasteiger partial charge >= 0.3 is 0 Å². The number of nitrogens with zero attached hydrogens (tertiary/aromatic N) is 2. The summed E-state index contributed by atoms with van der Waals surface area (Å²) >= 11 is 0. The first-order valence-corrected chi connectivity index (χ1v) is 7.15. The number of aromatic amines is 1. The Morgan fingerprint density at radius 3 is 3.05 bits per heavy atom. The van der Waals surface area contributed by atoms with Gasteiger partial charge in [-0.15, -0.1) is 0 Å². The van der Waals surface area contributed by atoms with E-state index in [1.165, 1.54) is 6.07 Å². The molecule has 5 heteroatoms. The highest BCUT2D eigenvalue weighted by atomic mass is 19.1. The molecule has 2 aromatic rings. The van der Waals surface area contributed by atoms with E-state index in [0.29, 0.717) is 5.82 Å². The molecule has 0 bridgehead atoms. The van der Waals surface area contributed by atoms with E-state index in [1.807, 2.05) is 6.07 Å². The maximum atomic E-state index is 13.2. The van der Waals surface area contributed by atoms with E-state index in [2.05, 4.69) is 14.9 Å². The fourth-order valence-corrected chi connectivity index (χ4v) is 2.92. The quantitative estimate of drug-likeness (QED) is 0.941. The Kier molecular flexibility index (Phi) is 3.84. The van der Waals surface area contributed by atoms with Crippen molar-refractivity contribution in [2.24, 2.45) is 0 Å². The lowest BCUT2D eigenvalue weighted by molar-refractivity contribution is 0.325. The number of likely N-dealkylation sites (tertiary alicyclic amines) is 1. The summed E-state index contributed by atoms with van der Waals surface area (Å²) in [5, 5.41) is 0. The molecular weight excluding hydrogens is 269 g/mol. The lowest BCUT2D eigenvalue weighted by Gasteiger charge is -2.16. The van der Waals surface area contributed by atoms with E-state index in [4.69, 9.17) is 0 Å². The van der Waals surface area contributed by atoms with Crippen molar-refractivity contribution in [3.63, 3.8) is 0 Å². The van der Waals surface area contributed by atoms with Crippen LogP contribution < -0.4 is 5.56 Å². The van der Waals surface area contributed by atoms with Gasteiger partial charge in [0, 0.05) is 25.1 Å². The minimum Gasteiger partial charge on any atom is -0.311 e. The second-order valence-electron chi connectivity index (χ2n) is 5.61. The summed E-state index contributed by atoms with van der Waals surface area (Å²) in [4.78, 5) is 20.9. The summed E-state index contributed by atoms with van der Waals surface area (Å²) in [6, 6.07) is 8.29. The van der Waals surface area contributed by atoms with Crippen molar-refractivity contribution in [1.82, 2.24) is 14.9 Å². The highest BCUT2D eigenvalue weighted by Gasteiger charge is 2.25. The second-order valence-corrected chi connectivity index (χ2v) is 5.61. The summed E-state index contributed by atoms with van der Waals surface area (Å²) < 4.78 is 13.2. The molecule has 1 aliphatic heterocycles. The Bertz CT molecular complexity index is 698. The van der Waals surface area contributed by atoms with Gasteiger partial charge < -0.3 is 4.98 Å². The van der Waals surface area contributed by atoms with E-state index in [0.717, 1.165) is 37.3 Å². The van der Waals surface area contributed by atoms with Crippen LogP contribution in [0.4, 0.5) is 4.39 Å². The van der Waals surface area contributed by atoms with Crippen LogP contribution >= 0.6 is 0 Å². The Balaban J connectivity index is 1.69. The molecule has 1 saturated heterocycles. The molecule has 0 radical (unpaired) electrons. The van der Waals surface area contributed by atoms with Crippen LogP contribution in [0.15, 0.2) is 35.1 Å². The number of benzene rings is 1. The van der Waals surface area contributed by atoms with Crippen LogP contribution in [0.1, 0.15) is 29.4 Å². The van der Waals surface area contributed by atoms with E-state index < -0.39 is 0 Å². The van der Waals surface area contributed by atoms with Crippen LogP contribution in [0.2, 0.25) is 0 Å². The molecule has 1 N–H and O–H groups in total. The molecule has 1 fully saturated rings. The standard InChI is InChI=1S/C16H18FN3O/c1-11-18-15(8-16(21)19-11)13-5-6-20(10-13)9-12-3-2-4-14(17)7-12/h2-4,7-8,13H,5-6,9-10H2,1H3,(H,18,19,21)/t13-/m0/s1. The van der Waals surface area contributed by atoms with Gasteiger partial charge in [0.05, 0.1) is 5.69 Å². The molecule has 0 saturated carbocycles. The van der Waals surface area contributed by atoms with E-state index in [1.54, 1.807) is 25.1 Å². The zero-order valence-corrected chi connectivity index (χ0v) is 12.0. The van der Waals surface area contributed by atoms with Crippen LogP contribution in [0.5, 0.6) is 0 Å².